The van der Waals surface area contributed by atoms with Crippen molar-refractivity contribution < 1.29 is 14.1 Å². The summed E-state index contributed by atoms with van der Waals surface area (Å²) in [4.78, 5) is 27.2. The maximum Gasteiger partial charge on any atom is 0.270 e. The van der Waals surface area contributed by atoms with Gasteiger partial charge < -0.3 is 9.73 Å². The number of nitrogens with one attached hydrogen (secondary N) is 1. The highest BCUT2D eigenvalue weighted by Gasteiger charge is 2.16. The summed E-state index contributed by atoms with van der Waals surface area (Å²) < 4.78 is 5.74. The Morgan fingerprint density at radius 1 is 0.967 bits per heavy atom. The van der Waals surface area contributed by atoms with Gasteiger partial charge in [0.05, 0.1) is 25.6 Å². The number of carbonyl (C=O) groups is 1. The minimum atomic E-state index is -0.586. The van der Waals surface area contributed by atoms with Crippen molar-refractivity contribution in [2.75, 3.05) is 5.32 Å². The monoisotopic (exact) mass is 461 g/mol. The number of benzene rings is 3. The molecule has 4 rings (SSSR count). The third kappa shape index (κ3) is 3.95. The maximum absolute atomic E-state index is 12.5. The number of aromatic nitrogens is 1. The van der Waals surface area contributed by atoms with Gasteiger partial charge in [0.15, 0.2) is 5.58 Å². The first-order valence-electron chi connectivity index (χ1n) is 8.43. The third-order valence-corrected chi connectivity index (χ3v) is 5.27. The number of amides is 1. The van der Waals surface area contributed by atoms with Crippen molar-refractivity contribution in [3.63, 3.8) is 0 Å². The number of rotatable bonds is 4. The molecule has 0 spiro atoms. The lowest BCUT2D eigenvalue weighted by molar-refractivity contribution is -0.384. The second-order valence-corrected chi connectivity index (χ2v) is 7.43. The molecule has 0 saturated heterocycles. The van der Waals surface area contributed by atoms with E-state index in [-0.39, 0.29) is 16.3 Å². The maximum atomic E-state index is 12.5. The number of hydrogen-bond donors (Lipinski definition) is 1. The molecule has 0 aliphatic carbocycles. The number of anilines is 1. The molecular weight excluding hydrogens is 453 g/mol. The molecule has 1 aromatic heterocycles. The molecular formula is C20H10Cl3N3O4. The van der Waals surface area contributed by atoms with Gasteiger partial charge in [-0.15, -0.1) is 0 Å². The SMILES string of the molecule is O=C(Nc1ccc2oc(-c3ccc(Cl)c(Cl)c3)nc2c1)c1ccc([N+](=O)[O-])cc1Cl. The fourth-order valence-corrected chi connectivity index (χ4v) is 3.32. The molecule has 0 aliphatic rings. The Balaban J connectivity index is 1.60. The normalized spacial score (nSPS) is 10.9. The second kappa shape index (κ2) is 7.95. The summed E-state index contributed by atoms with van der Waals surface area (Å²) in [5.74, 6) is -0.159. The van der Waals surface area contributed by atoms with E-state index in [9.17, 15) is 14.9 Å². The summed E-state index contributed by atoms with van der Waals surface area (Å²) in [5.41, 5.74) is 2.06. The van der Waals surface area contributed by atoms with Crippen LogP contribution in [0, 0.1) is 10.1 Å². The van der Waals surface area contributed by atoms with Gasteiger partial charge in [-0.2, -0.15) is 0 Å². The number of nitro benzene ring substituents is 1. The number of halogens is 3. The topological polar surface area (TPSA) is 98.3 Å². The summed E-state index contributed by atoms with van der Waals surface area (Å²) in [5, 5.41) is 14.3. The summed E-state index contributed by atoms with van der Waals surface area (Å²) in [6, 6.07) is 13.6. The van der Waals surface area contributed by atoms with E-state index in [1.165, 1.54) is 12.1 Å². The number of carbonyl (C=O) groups excluding carboxylic acids is 1. The minimum absolute atomic E-state index is 0.0221. The fraction of sp³-hybridized carbons (Fsp3) is 0. The molecule has 30 heavy (non-hydrogen) atoms. The van der Waals surface area contributed by atoms with Crippen molar-refractivity contribution in [3.05, 3.63) is 85.3 Å². The number of non-ortho nitro benzene ring substituents is 1. The zero-order valence-electron chi connectivity index (χ0n) is 14.9. The van der Waals surface area contributed by atoms with Crippen LogP contribution in [0.1, 0.15) is 10.4 Å². The Labute approximate surface area is 184 Å². The average molecular weight is 463 g/mol. The quantitative estimate of drug-likeness (QED) is 0.271. The van der Waals surface area contributed by atoms with Gasteiger partial charge in [-0.3, -0.25) is 14.9 Å². The van der Waals surface area contributed by atoms with Crippen molar-refractivity contribution >= 4 is 63.2 Å². The zero-order valence-corrected chi connectivity index (χ0v) is 17.1. The van der Waals surface area contributed by atoms with Gasteiger partial charge in [0.1, 0.15) is 5.52 Å². The van der Waals surface area contributed by atoms with Crippen LogP contribution in [0.5, 0.6) is 0 Å². The van der Waals surface area contributed by atoms with Gasteiger partial charge in [0, 0.05) is 23.4 Å². The van der Waals surface area contributed by atoms with E-state index in [1.54, 1.807) is 36.4 Å². The van der Waals surface area contributed by atoms with Crippen LogP contribution in [0.15, 0.2) is 59.0 Å². The summed E-state index contributed by atoms with van der Waals surface area (Å²) in [7, 11) is 0. The second-order valence-electron chi connectivity index (χ2n) is 6.21. The molecule has 0 radical (unpaired) electrons. The lowest BCUT2D eigenvalue weighted by Gasteiger charge is -2.06. The lowest BCUT2D eigenvalue weighted by Crippen LogP contribution is -2.12. The zero-order chi connectivity index (χ0) is 21.4. The molecule has 1 heterocycles. The van der Waals surface area contributed by atoms with Gasteiger partial charge in [-0.25, -0.2) is 4.98 Å². The van der Waals surface area contributed by atoms with E-state index >= 15 is 0 Å². The van der Waals surface area contributed by atoms with E-state index in [1.807, 2.05) is 0 Å². The molecule has 4 aromatic rings. The first kappa shape index (κ1) is 20.2. The molecule has 1 amide bonds. The van der Waals surface area contributed by atoms with Crippen LogP contribution in [-0.4, -0.2) is 15.8 Å². The molecule has 0 saturated carbocycles. The van der Waals surface area contributed by atoms with Gasteiger partial charge >= 0.3 is 0 Å². The van der Waals surface area contributed by atoms with Gasteiger partial charge in [-0.05, 0) is 42.5 Å². The highest BCUT2D eigenvalue weighted by atomic mass is 35.5. The molecule has 3 aromatic carbocycles. The van der Waals surface area contributed by atoms with E-state index < -0.39 is 10.8 Å². The van der Waals surface area contributed by atoms with Crippen LogP contribution in [0.4, 0.5) is 11.4 Å². The highest BCUT2D eigenvalue weighted by molar-refractivity contribution is 6.42. The lowest BCUT2D eigenvalue weighted by atomic mass is 10.2. The minimum Gasteiger partial charge on any atom is -0.436 e. The first-order chi connectivity index (χ1) is 14.3. The molecule has 150 valence electrons. The smallest absolute Gasteiger partial charge is 0.270 e. The van der Waals surface area contributed by atoms with E-state index in [0.717, 1.165) is 6.07 Å². The van der Waals surface area contributed by atoms with Gasteiger partial charge in [0.2, 0.25) is 5.89 Å². The number of nitro groups is 1. The Morgan fingerprint density at radius 3 is 2.47 bits per heavy atom. The summed E-state index contributed by atoms with van der Waals surface area (Å²) >= 11 is 18.0. The highest BCUT2D eigenvalue weighted by Crippen LogP contribution is 2.31. The molecule has 0 atom stereocenters. The van der Waals surface area contributed by atoms with Crippen LogP contribution in [-0.2, 0) is 0 Å². The van der Waals surface area contributed by atoms with Crippen molar-refractivity contribution in [2.45, 2.75) is 0 Å². The standard InChI is InChI=1S/C20H10Cl3N3O4/c21-14-5-1-10(7-16(14)23)20-25-17-8-11(2-6-18(17)30-20)24-19(27)13-4-3-12(26(28)29)9-15(13)22/h1-9H,(H,24,27). The number of nitrogens with zero attached hydrogens (tertiary/aromatic N) is 2. The molecule has 7 nitrogen and oxygen atoms in total. The van der Waals surface area contributed by atoms with Crippen molar-refractivity contribution in [1.82, 2.24) is 4.98 Å². The molecule has 0 unspecified atom stereocenters. The van der Waals surface area contributed by atoms with Crippen LogP contribution in [0.25, 0.3) is 22.6 Å². The van der Waals surface area contributed by atoms with Gasteiger partial charge in [-0.1, -0.05) is 34.8 Å². The molecule has 0 aliphatic heterocycles. The van der Waals surface area contributed by atoms with Gasteiger partial charge in [0.25, 0.3) is 11.6 Å². The van der Waals surface area contributed by atoms with Crippen molar-refractivity contribution in [2.24, 2.45) is 0 Å². The Bertz CT molecular complexity index is 1320. The van der Waals surface area contributed by atoms with Crippen LogP contribution in [0.2, 0.25) is 15.1 Å². The van der Waals surface area contributed by atoms with Crippen LogP contribution >= 0.6 is 34.8 Å². The van der Waals surface area contributed by atoms with E-state index in [0.29, 0.717) is 38.3 Å². The Morgan fingerprint density at radius 2 is 1.77 bits per heavy atom. The first-order valence-corrected chi connectivity index (χ1v) is 9.56. The fourth-order valence-electron chi connectivity index (χ4n) is 2.76. The Hall–Kier alpha value is -3.13. The van der Waals surface area contributed by atoms with E-state index in [2.05, 4.69) is 10.3 Å². The molecule has 0 fully saturated rings. The molecule has 0 bridgehead atoms. The molecule has 10 heteroatoms. The number of fused-ring (bicyclic) bond motifs is 1. The van der Waals surface area contributed by atoms with E-state index in [4.69, 9.17) is 39.2 Å². The summed E-state index contributed by atoms with van der Waals surface area (Å²) in [6.45, 7) is 0. The van der Waals surface area contributed by atoms with Crippen molar-refractivity contribution in [1.29, 1.82) is 0 Å². The molecule has 1 N–H and O–H groups in total. The predicted molar refractivity (Wildman–Crippen MR) is 116 cm³/mol. The average Bonchev–Trinajstić information content (AvgIpc) is 3.13. The van der Waals surface area contributed by atoms with Crippen LogP contribution in [0.3, 0.4) is 0 Å². The van der Waals surface area contributed by atoms with Crippen molar-refractivity contribution in [3.8, 4) is 11.5 Å². The number of oxazole rings is 1. The largest absolute Gasteiger partial charge is 0.436 e. The van der Waals surface area contributed by atoms with Crippen LogP contribution < -0.4 is 5.32 Å². The summed E-state index contributed by atoms with van der Waals surface area (Å²) in [6.07, 6.45) is 0. The third-order valence-electron chi connectivity index (χ3n) is 4.22. The Kier molecular flexibility index (Phi) is 5.34. The number of hydrogen-bond acceptors (Lipinski definition) is 5. The predicted octanol–water partition coefficient (Wildman–Crippen LogP) is 6.62.